The largest absolute Gasteiger partial charge is 0.371 e. The molecule has 1 aliphatic heterocycles. The van der Waals surface area contributed by atoms with Crippen LogP contribution in [0.1, 0.15) is 12.8 Å². The normalized spacial score (nSPS) is 17.9. The van der Waals surface area contributed by atoms with Gasteiger partial charge in [0.2, 0.25) is 0 Å². The minimum absolute atomic E-state index is 0.145. The molecule has 0 radical (unpaired) electrons. The molecule has 0 aromatic heterocycles. The van der Waals surface area contributed by atoms with Crippen molar-refractivity contribution in [2.75, 3.05) is 18.0 Å². The van der Waals surface area contributed by atoms with E-state index in [1.807, 2.05) is 4.90 Å². The van der Waals surface area contributed by atoms with Crippen LogP contribution in [0.25, 0.3) is 0 Å². The summed E-state index contributed by atoms with van der Waals surface area (Å²) in [7, 11) is 0. The molecule has 2 rings (SSSR count). The minimum atomic E-state index is -1.42. The van der Waals surface area contributed by atoms with Crippen molar-refractivity contribution in [2.45, 2.75) is 18.9 Å². The number of nitrogens with two attached hydrogens (primary N) is 1. The molecular formula is C11H13F3N2. The van der Waals surface area contributed by atoms with E-state index in [0.717, 1.165) is 25.0 Å². The summed E-state index contributed by atoms with van der Waals surface area (Å²) >= 11 is 0. The molecule has 16 heavy (non-hydrogen) atoms. The van der Waals surface area contributed by atoms with E-state index in [0.29, 0.717) is 18.8 Å². The van der Waals surface area contributed by atoms with Crippen LogP contribution in [0.2, 0.25) is 0 Å². The fourth-order valence-corrected chi connectivity index (χ4v) is 1.88. The Hall–Kier alpha value is -1.23. The Morgan fingerprint density at radius 3 is 2.06 bits per heavy atom. The number of hydrogen-bond acceptors (Lipinski definition) is 2. The van der Waals surface area contributed by atoms with E-state index >= 15 is 0 Å². The van der Waals surface area contributed by atoms with Gasteiger partial charge in [0.1, 0.15) is 0 Å². The molecule has 0 bridgehead atoms. The molecule has 1 aromatic carbocycles. The van der Waals surface area contributed by atoms with Crippen molar-refractivity contribution in [3.05, 3.63) is 29.6 Å². The summed E-state index contributed by atoms with van der Waals surface area (Å²) in [6.45, 7) is 1.29. The summed E-state index contributed by atoms with van der Waals surface area (Å²) < 4.78 is 38.8. The van der Waals surface area contributed by atoms with Crippen molar-refractivity contribution >= 4 is 5.69 Å². The monoisotopic (exact) mass is 230 g/mol. The Labute approximate surface area is 91.8 Å². The second-order valence-electron chi connectivity index (χ2n) is 4.05. The summed E-state index contributed by atoms with van der Waals surface area (Å²) in [6.07, 6.45) is 1.56. The van der Waals surface area contributed by atoms with Crippen molar-refractivity contribution in [3.63, 3.8) is 0 Å². The maximum atomic E-state index is 13.0. The molecule has 0 saturated carbocycles. The van der Waals surface area contributed by atoms with Gasteiger partial charge in [0.15, 0.2) is 17.5 Å². The van der Waals surface area contributed by atoms with Crippen molar-refractivity contribution in [3.8, 4) is 0 Å². The average molecular weight is 230 g/mol. The van der Waals surface area contributed by atoms with Gasteiger partial charge in [-0.05, 0) is 12.8 Å². The van der Waals surface area contributed by atoms with Gasteiger partial charge < -0.3 is 10.6 Å². The zero-order valence-corrected chi connectivity index (χ0v) is 8.72. The maximum absolute atomic E-state index is 13.0. The van der Waals surface area contributed by atoms with Gasteiger partial charge in [0.25, 0.3) is 0 Å². The Morgan fingerprint density at radius 1 is 1.06 bits per heavy atom. The van der Waals surface area contributed by atoms with Gasteiger partial charge in [-0.2, -0.15) is 0 Å². The molecule has 0 spiro atoms. The predicted octanol–water partition coefficient (Wildman–Crippen LogP) is 2.03. The molecule has 0 atom stereocenters. The molecule has 1 saturated heterocycles. The Morgan fingerprint density at radius 2 is 1.56 bits per heavy atom. The first-order chi connectivity index (χ1) is 7.58. The van der Waals surface area contributed by atoms with Crippen molar-refractivity contribution in [1.82, 2.24) is 0 Å². The van der Waals surface area contributed by atoms with Gasteiger partial charge >= 0.3 is 0 Å². The molecule has 5 heteroatoms. The van der Waals surface area contributed by atoms with E-state index < -0.39 is 17.5 Å². The van der Waals surface area contributed by atoms with Crippen molar-refractivity contribution < 1.29 is 13.2 Å². The lowest BCUT2D eigenvalue weighted by atomic mass is 10.1. The first-order valence-electron chi connectivity index (χ1n) is 5.23. The van der Waals surface area contributed by atoms with Gasteiger partial charge in [-0.3, -0.25) is 0 Å². The van der Waals surface area contributed by atoms with Crippen LogP contribution in [0.15, 0.2) is 12.1 Å². The fraction of sp³-hybridized carbons (Fsp3) is 0.455. The number of halogens is 3. The number of rotatable bonds is 1. The molecule has 1 fully saturated rings. The number of piperidine rings is 1. The first-order valence-corrected chi connectivity index (χ1v) is 5.23. The first kappa shape index (κ1) is 11.3. The standard InChI is InChI=1S/C11H13F3N2/c12-9-5-8(6-10(13)11(9)14)16-3-1-7(15)2-4-16/h5-7H,1-4,15H2. The molecule has 0 amide bonds. The van der Waals surface area contributed by atoms with Gasteiger partial charge in [0.05, 0.1) is 0 Å². The highest BCUT2D eigenvalue weighted by Crippen LogP contribution is 2.23. The topological polar surface area (TPSA) is 29.3 Å². The van der Waals surface area contributed by atoms with E-state index in [9.17, 15) is 13.2 Å². The molecule has 2 nitrogen and oxygen atoms in total. The van der Waals surface area contributed by atoms with Crippen LogP contribution in [0, 0.1) is 17.5 Å². The SMILES string of the molecule is NC1CCN(c2cc(F)c(F)c(F)c2)CC1. The molecular weight excluding hydrogens is 217 g/mol. The highest BCUT2D eigenvalue weighted by molar-refractivity contribution is 5.47. The smallest absolute Gasteiger partial charge is 0.194 e. The third-order valence-corrected chi connectivity index (χ3v) is 2.87. The molecule has 1 heterocycles. The van der Waals surface area contributed by atoms with E-state index in [2.05, 4.69) is 0 Å². The van der Waals surface area contributed by atoms with Crippen LogP contribution in [-0.2, 0) is 0 Å². The summed E-state index contributed by atoms with van der Waals surface area (Å²) in [6, 6.07) is 2.19. The lowest BCUT2D eigenvalue weighted by molar-refractivity contribution is 0.444. The Balaban J connectivity index is 2.21. The van der Waals surface area contributed by atoms with Crippen LogP contribution < -0.4 is 10.6 Å². The highest BCUT2D eigenvalue weighted by atomic mass is 19.2. The number of benzene rings is 1. The molecule has 1 aromatic rings. The highest BCUT2D eigenvalue weighted by Gasteiger charge is 2.19. The van der Waals surface area contributed by atoms with E-state index in [-0.39, 0.29) is 6.04 Å². The zero-order valence-electron chi connectivity index (χ0n) is 8.72. The second-order valence-corrected chi connectivity index (χ2v) is 4.05. The molecule has 1 aliphatic rings. The van der Waals surface area contributed by atoms with Crippen LogP contribution in [-0.4, -0.2) is 19.1 Å². The van der Waals surface area contributed by atoms with Gasteiger partial charge in [-0.15, -0.1) is 0 Å². The number of hydrogen-bond donors (Lipinski definition) is 1. The van der Waals surface area contributed by atoms with Crippen LogP contribution in [0.5, 0.6) is 0 Å². The van der Waals surface area contributed by atoms with Crippen LogP contribution in [0.4, 0.5) is 18.9 Å². The van der Waals surface area contributed by atoms with E-state index in [1.165, 1.54) is 0 Å². The average Bonchev–Trinajstić information content (AvgIpc) is 2.26. The van der Waals surface area contributed by atoms with E-state index in [1.54, 1.807) is 0 Å². The van der Waals surface area contributed by atoms with Crippen LogP contribution in [0.3, 0.4) is 0 Å². The third kappa shape index (κ3) is 2.14. The zero-order chi connectivity index (χ0) is 11.7. The molecule has 88 valence electrons. The van der Waals surface area contributed by atoms with Crippen molar-refractivity contribution in [2.24, 2.45) is 5.73 Å². The summed E-state index contributed by atoms with van der Waals surface area (Å²) in [5.41, 5.74) is 6.10. The summed E-state index contributed by atoms with van der Waals surface area (Å²) in [4.78, 5) is 1.81. The third-order valence-electron chi connectivity index (χ3n) is 2.87. The van der Waals surface area contributed by atoms with E-state index in [4.69, 9.17) is 5.73 Å². The molecule has 2 N–H and O–H groups in total. The quantitative estimate of drug-likeness (QED) is 0.748. The lowest BCUT2D eigenvalue weighted by Gasteiger charge is -2.32. The molecule has 0 unspecified atom stereocenters. The van der Waals surface area contributed by atoms with Crippen LogP contribution >= 0.6 is 0 Å². The number of anilines is 1. The van der Waals surface area contributed by atoms with Gasteiger partial charge in [-0.1, -0.05) is 0 Å². The minimum Gasteiger partial charge on any atom is -0.371 e. The Kier molecular flexibility index (Phi) is 3.05. The summed E-state index contributed by atoms with van der Waals surface area (Å²) in [5.74, 6) is -3.72. The second kappa shape index (κ2) is 4.33. The van der Waals surface area contributed by atoms with Gasteiger partial charge in [-0.25, -0.2) is 13.2 Å². The fourth-order valence-electron chi connectivity index (χ4n) is 1.88. The number of nitrogens with zero attached hydrogens (tertiary/aromatic N) is 1. The van der Waals surface area contributed by atoms with Gasteiger partial charge in [0, 0.05) is 37.0 Å². The Bertz CT molecular complexity index is 364. The summed E-state index contributed by atoms with van der Waals surface area (Å²) in [5, 5.41) is 0. The maximum Gasteiger partial charge on any atom is 0.194 e. The van der Waals surface area contributed by atoms with Crippen molar-refractivity contribution in [1.29, 1.82) is 0 Å². The molecule has 0 aliphatic carbocycles. The predicted molar refractivity (Wildman–Crippen MR) is 55.7 cm³/mol. The lowest BCUT2D eigenvalue weighted by Crippen LogP contribution is -2.39.